The molecule has 3 aromatic heterocycles. The highest BCUT2D eigenvalue weighted by Gasteiger charge is 2.44. The van der Waals surface area contributed by atoms with Crippen LogP contribution in [0.2, 0.25) is 0 Å². The molecule has 1 unspecified atom stereocenters. The molecule has 1 atom stereocenters. The van der Waals surface area contributed by atoms with Crippen molar-refractivity contribution in [3.05, 3.63) is 83.1 Å². The van der Waals surface area contributed by atoms with Gasteiger partial charge >= 0.3 is 0 Å². The van der Waals surface area contributed by atoms with Gasteiger partial charge in [-0.1, -0.05) is 6.07 Å². The molecular weight excluding hydrogens is 548 g/mol. The summed E-state index contributed by atoms with van der Waals surface area (Å²) < 4.78 is 55.4. The Hall–Kier alpha value is -3.87. The lowest BCUT2D eigenvalue weighted by atomic mass is 9.92. The van der Waals surface area contributed by atoms with E-state index in [1.165, 1.54) is 18.2 Å². The summed E-state index contributed by atoms with van der Waals surface area (Å²) in [6, 6.07) is 6.95. The Kier molecular flexibility index (Phi) is 7.46. The predicted octanol–water partition coefficient (Wildman–Crippen LogP) is 4.80. The van der Waals surface area contributed by atoms with E-state index in [-0.39, 0.29) is 43.1 Å². The molecule has 0 bridgehead atoms. The van der Waals surface area contributed by atoms with Crippen LogP contribution in [0.5, 0.6) is 5.75 Å². The number of fused-ring (bicyclic) bond motifs is 1. The van der Waals surface area contributed by atoms with Crippen molar-refractivity contribution in [2.45, 2.75) is 64.2 Å². The summed E-state index contributed by atoms with van der Waals surface area (Å²) >= 11 is 0. The van der Waals surface area contributed by atoms with Crippen LogP contribution in [-0.4, -0.2) is 50.7 Å². The number of nitrogens with zero attached hydrogens (tertiary/aromatic N) is 4. The maximum Gasteiger partial charge on any atom is 0.271 e. The van der Waals surface area contributed by atoms with E-state index in [1.807, 2.05) is 20.0 Å². The van der Waals surface area contributed by atoms with E-state index in [4.69, 9.17) is 18.9 Å². The third-order valence-corrected chi connectivity index (χ3v) is 7.73. The fourth-order valence-corrected chi connectivity index (χ4v) is 5.30. The molecule has 222 valence electrons. The first-order valence-corrected chi connectivity index (χ1v) is 14.0. The number of aryl methyl sites for hydroxylation is 1. The molecule has 0 saturated carbocycles. The van der Waals surface area contributed by atoms with Gasteiger partial charge < -0.3 is 24.3 Å². The zero-order valence-corrected chi connectivity index (χ0v) is 23.7. The van der Waals surface area contributed by atoms with Crippen molar-refractivity contribution in [3.8, 4) is 5.75 Å². The van der Waals surface area contributed by atoms with Gasteiger partial charge in [0.05, 0.1) is 30.7 Å². The Labute approximate surface area is 241 Å². The number of halogens is 2. The zero-order chi connectivity index (χ0) is 29.5. The molecule has 0 aliphatic carbocycles. The van der Waals surface area contributed by atoms with Crippen LogP contribution in [0.4, 0.5) is 8.78 Å². The third kappa shape index (κ3) is 5.37. The highest BCUT2D eigenvalue weighted by Crippen LogP contribution is 2.33. The molecule has 4 aromatic rings. The average molecular weight is 582 g/mol. The number of hydrogen-bond donors (Lipinski definition) is 1. The number of pyridine rings is 1. The monoisotopic (exact) mass is 581 g/mol. The molecule has 2 fully saturated rings. The lowest BCUT2D eigenvalue weighted by Crippen LogP contribution is -2.58. The van der Waals surface area contributed by atoms with Crippen LogP contribution in [-0.2, 0) is 26.4 Å². The summed E-state index contributed by atoms with van der Waals surface area (Å²) in [5, 5.41) is 7.69. The standard InChI is InChI=1S/C30H33F2N5O5/c1-19-26(36-12-7-10-24(27(36)34-19)40-16-21-22(31)8-6-9-23(21)32)28(38)35-30(17-41-29(2,3)42-18-30)20-14-33-37(15-20)25-11-4-5-13-39-25/h6-10,12,14-15,25H,4-5,11,13,16-18H2,1-3H3,(H,35,38). The largest absolute Gasteiger partial charge is 0.485 e. The number of ether oxygens (including phenoxy) is 4. The van der Waals surface area contributed by atoms with Crippen molar-refractivity contribution in [2.24, 2.45) is 0 Å². The number of aromatic nitrogens is 4. The highest BCUT2D eigenvalue weighted by molar-refractivity contribution is 5.95. The Morgan fingerprint density at radius 1 is 1.14 bits per heavy atom. The van der Waals surface area contributed by atoms with Crippen LogP contribution in [0.1, 0.15) is 66.6 Å². The molecule has 10 nitrogen and oxygen atoms in total. The highest BCUT2D eigenvalue weighted by atomic mass is 19.1. The van der Waals surface area contributed by atoms with Gasteiger partial charge in [-0.15, -0.1) is 0 Å². The van der Waals surface area contributed by atoms with E-state index >= 15 is 0 Å². The smallest absolute Gasteiger partial charge is 0.271 e. The topological polar surface area (TPSA) is 101 Å². The second kappa shape index (κ2) is 11.1. The van der Waals surface area contributed by atoms with E-state index in [2.05, 4.69) is 15.4 Å². The van der Waals surface area contributed by atoms with Gasteiger partial charge in [0, 0.05) is 24.6 Å². The molecule has 12 heteroatoms. The molecule has 2 aliphatic heterocycles. The number of amides is 1. The molecular formula is C30H33F2N5O5. The molecule has 0 spiro atoms. The molecule has 2 saturated heterocycles. The first-order chi connectivity index (χ1) is 20.2. The molecule has 1 N–H and O–H groups in total. The van der Waals surface area contributed by atoms with E-state index < -0.39 is 28.9 Å². The van der Waals surface area contributed by atoms with Gasteiger partial charge in [0.15, 0.2) is 17.2 Å². The van der Waals surface area contributed by atoms with Crippen LogP contribution in [0, 0.1) is 18.6 Å². The molecule has 2 aliphatic rings. The fourth-order valence-electron chi connectivity index (χ4n) is 5.30. The van der Waals surface area contributed by atoms with Gasteiger partial charge in [-0.3, -0.25) is 9.20 Å². The van der Waals surface area contributed by atoms with Crippen molar-refractivity contribution in [1.29, 1.82) is 0 Å². The minimum atomic E-state index is -1.04. The SMILES string of the molecule is Cc1nc2c(OCc3c(F)cccc3F)cccn2c1C(=O)NC1(c2cnn(C3CCCCO3)c2)COC(C)(C)OC1. The van der Waals surface area contributed by atoms with E-state index in [0.717, 1.165) is 24.8 Å². The van der Waals surface area contributed by atoms with Crippen LogP contribution >= 0.6 is 0 Å². The molecule has 1 aromatic carbocycles. The summed E-state index contributed by atoms with van der Waals surface area (Å²) in [4.78, 5) is 18.5. The van der Waals surface area contributed by atoms with Crippen LogP contribution in [0.3, 0.4) is 0 Å². The second-order valence-electron chi connectivity index (χ2n) is 11.1. The maximum atomic E-state index is 14.2. The van der Waals surface area contributed by atoms with Crippen molar-refractivity contribution in [1.82, 2.24) is 24.5 Å². The van der Waals surface area contributed by atoms with Crippen LogP contribution in [0.15, 0.2) is 48.9 Å². The number of benzene rings is 1. The fraction of sp³-hybridized carbons (Fsp3) is 0.433. The predicted molar refractivity (Wildman–Crippen MR) is 147 cm³/mol. The number of imidazole rings is 1. The number of nitrogens with one attached hydrogen (secondary N) is 1. The van der Waals surface area contributed by atoms with E-state index in [9.17, 15) is 13.6 Å². The maximum absolute atomic E-state index is 14.2. The number of carbonyl (C=O) groups is 1. The van der Waals surface area contributed by atoms with Crippen molar-refractivity contribution >= 4 is 11.6 Å². The summed E-state index contributed by atoms with van der Waals surface area (Å²) in [6.45, 7) is 6.00. The lowest BCUT2D eigenvalue weighted by molar-refractivity contribution is -0.272. The molecule has 1 amide bonds. The second-order valence-corrected chi connectivity index (χ2v) is 11.1. The van der Waals surface area contributed by atoms with E-state index in [0.29, 0.717) is 17.9 Å². The summed E-state index contributed by atoms with van der Waals surface area (Å²) in [5.41, 5.74) is 0.558. The average Bonchev–Trinajstić information content (AvgIpc) is 3.60. The van der Waals surface area contributed by atoms with Gasteiger partial charge in [-0.25, -0.2) is 18.4 Å². The number of rotatable bonds is 7. The Bertz CT molecular complexity index is 1580. The number of hydrogen-bond acceptors (Lipinski definition) is 7. The summed E-state index contributed by atoms with van der Waals surface area (Å²) in [5.74, 6) is -2.36. The molecule has 42 heavy (non-hydrogen) atoms. The number of carbonyl (C=O) groups excluding carboxylic acids is 1. The Morgan fingerprint density at radius 2 is 1.90 bits per heavy atom. The van der Waals surface area contributed by atoms with Crippen LogP contribution < -0.4 is 10.1 Å². The quantitative estimate of drug-likeness (QED) is 0.335. The van der Waals surface area contributed by atoms with Gasteiger partial charge in [0.25, 0.3) is 5.91 Å². The van der Waals surface area contributed by atoms with Gasteiger partial charge in [0.1, 0.15) is 35.7 Å². The van der Waals surface area contributed by atoms with Crippen LogP contribution in [0.25, 0.3) is 5.65 Å². The minimum Gasteiger partial charge on any atom is -0.485 e. The molecule has 0 radical (unpaired) electrons. The Morgan fingerprint density at radius 3 is 2.62 bits per heavy atom. The van der Waals surface area contributed by atoms with Crippen molar-refractivity contribution < 1.29 is 32.5 Å². The van der Waals surface area contributed by atoms with Gasteiger partial charge in [0.2, 0.25) is 0 Å². The summed E-state index contributed by atoms with van der Waals surface area (Å²) in [6.07, 6.45) is 8.02. The normalized spacial score (nSPS) is 20.0. The zero-order valence-electron chi connectivity index (χ0n) is 23.7. The van der Waals surface area contributed by atoms with Crippen molar-refractivity contribution in [2.75, 3.05) is 19.8 Å². The van der Waals surface area contributed by atoms with Gasteiger partial charge in [-0.2, -0.15) is 5.10 Å². The summed E-state index contributed by atoms with van der Waals surface area (Å²) in [7, 11) is 0. The molecule has 5 heterocycles. The van der Waals surface area contributed by atoms with E-state index in [1.54, 1.807) is 40.5 Å². The lowest BCUT2D eigenvalue weighted by Gasteiger charge is -2.43. The van der Waals surface area contributed by atoms with Gasteiger partial charge in [-0.05, 0) is 64.3 Å². The first kappa shape index (κ1) is 28.3. The Balaban J connectivity index is 1.29. The van der Waals surface area contributed by atoms with Crippen molar-refractivity contribution in [3.63, 3.8) is 0 Å². The molecule has 6 rings (SSSR count). The first-order valence-electron chi connectivity index (χ1n) is 14.0. The minimum absolute atomic E-state index is 0.154. The third-order valence-electron chi connectivity index (χ3n) is 7.73.